The highest BCUT2D eigenvalue weighted by Crippen LogP contribution is 2.57. The number of fused-ring (bicyclic) bond motifs is 7. The van der Waals surface area contributed by atoms with Crippen LogP contribution in [0.1, 0.15) is 37.5 Å². The molecule has 2 heterocycles. The minimum absolute atomic E-state index is 0. The van der Waals surface area contributed by atoms with Crippen molar-refractivity contribution in [1.29, 1.82) is 0 Å². The Morgan fingerprint density at radius 3 is 2.15 bits per heavy atom. The maximum absolute atomic E-state index is 2.56. The van der Waals surface area contributed by atoms with Crippen LogP contribution in [0.3, 0.4) is 0 Å². The molecule has 2 heteroatoms. The molecule has 1 nitrogen and oxygen atoms in total. The summed E-state index contributed by atoms with van der Waals surface area (Å²) in [7, 11) is 2.27. The van der Waals surface area contributed by atoms with Gasteiger partial charge in [-0.05, 0) is 49.6 Å². The lowest BCUT2D eigenvalue weighted by atomic mass is 9.78. The van der Waals surface area contributed by atoms with Crippen LogP contribution in [0.4, 0.5) is 0 Å². The van der Waals surface area contributed by atoms with E-state index in [0.717, 1.165) is 6.42 Å². The van der Waals surface area contributed by atoms with Crippen LogP contribution in [0.2, 0.25) is 0 Å². The summed E-state index contributed by atoms with van der Waals surface area (Å²) in [4.78, 5) is 2.56. The van der Waals surface area contributed by atoms with Gasteiger partial charge in [0.05, 0.1) is 5.54 Å². The largest absolute Gasteiger partial charge is 1.00 e. The van der Waals surface area contributed by atoms with Gasteiger partial charge in [-0.25, -0.2) is 0 Å². The van der Waals surface area contributed by atoms with Crippen molar-refractivity contribution in [3.8, 4) is 0 Å². The van der Waals surface area contributed by atoms with E-state index in [1.54, 1.807) is 0 Å². The molecule has 2 aliphatic rings. The van der Waals surface area contributed by atoms with E-state index in [0.29, 0.717) is 0 Å². The lowest BCUT2D eigenvalue weighted by Gasteiger charge is -2.47. The summed E-state index contributed by atoms with van der Waals surface area (Å²) in [6.45, 7) is 4.75. The predicted molar refractivity (Wildman–Crippen MR) is 79.3 cm³/mol. The van der Waals surface area contributed by atoms with E-state index in [-0.39, 0.29) is 24.9 Å². The van der Waals surface area contributed by atoms with Gasteiger partial charge in [0.25, 0.3) is 0 Å². The molecule has 0 aromatic heterocycles. The van der Waals surface area contributed by atoms with Crippen molar-refractivity contribution < 1.29 is 13.8 Å². The number of benzene rings is 2. The third kappa shape index (κ3) is 1.32. The third-order valence-corrected chi connectivity index (χ3v) is 5.52. The molecule has 2 aliphatic heterocycles. The first-order chi connectivity index (χ1) is 9.08. The van der Waals surface area contributed by atoms with Crippen molar-refractivity contribution in [2.24, 2.45) is 0 Å². The molecule has 104 valence electrons. The van der Waals surface area contributed by atoms with Crippen LogP contribution in [-0.4, -0.2) is 11.9 Å². The number of hydrogen-bond acceptors (Lipinski definition) is 1. The van der Waals surface area contributed by atoms with Crippen LogP contribution in [0.5, 0.6) is 0 Å². The monoisotopic (exact) mass is 285 g/mol. The average molecular weight is 286 g/mol. The number of halogens is 1. The van der Waals surface area contributed by atoms with Crippen LogP contribution >= 0.6 is 0 Å². The van der Waals surface area contributed by atoms with Crippen molar-refractivity contribution in [3.05, 3.63) is 70.8 Å². The van der Waals surface area contributed by atoms with Gasteiger partial charge in [0.15, 0.2) is 0 Å². The lowest BCUT2D eigenvalue weighted by Crippen LogP contribution is -3.00. The second-order valence-electron chi connectivity index (χ2n) is 6.28. The van der Waals surface area contributed by atoms with Gasteiger partial charge in [-0.2, -0.15) is 0 Å². The van der Waals surface area contributed by atoms with Crippen LogP contribution in [0.15, 0.2) is 48.5 Å². The summed E-state index contributed by atoms with van der Waals surface area (Å²) in [5.74, 6) is 0. The fourth-order valence-corrected chi connectivity index (χ4v) is 4.29. The van der Waals surface area contributed by atoms with Gasteiger partial charge < -0.3 is 12.4 Å². The highest BCUT2D eigenvalue weighted by atomic mass is 35.5. The quantitative estimate of drug-likeness (QED) is 0.692. The van der Waals surface area contributed by atoms with E-state index in [9.17, 15) is 0 Å². The fourth-order valence-electron chi connectivity index (χ4n) is 4.29. The van der Waals surface area contributed by atoms with Gasteiger partial charge in [-0.1, -0.05) is 48.5 Å². The summed E-state index contributed by atoms with van der Waals surface area (Å²) in [5, 5.41) is 0. The first kappa shape index (κ1) is 13.7. The molecule has 2 atom stereocenters. The van der Waals surface area contributed by atoms with E-state index in [2.05, 4.69) is 74.3 Å². The van der Waals surface area contributed by atoms with Gasteiger partial charge in [-0.3, -0.25) is 4.90 Å². The molecule has 2 bridgehead atoms. The van der Waals surface area contributed by atoms with Crippen molar-refractivity contribution in [1.82, 2.24) is 4.90 Å². The minimum atomic E-state index is 0. The zero-order chi connectivity index (χ0) is 13.3. The SMILES string of the molecule is CN1C2(C)Cc3ccccc3C1(C)c1ccccc12.[Cl-].[H+]. The van der Waals surface area contributed by atoms with Crippen LogP contribution in [0.25, 0.3) is 0 Å². The summed E-state index contributed by atoms with van der Waals surface area (Å²) >= 11 is 0. The van der Waals surface area contributed by atoms with Gasteiger partial charge >= 0.3 is 1.43 Å². The van der Waals surface area contributed by atoms with Crippen molar-refractivity contribution >= 4 is 0 Å². The summed E-state index contributed by atoms with van der Waals surface area (Å²) in [6.07, 6.45) is 1.10. The number of hydrogen-bond donors (Lipinski definition) is 0. The van der Waals surface area contributed by atoms with E-state index in [1.807, 2.05) is 0 Å². The molecule has 2 unspecified atom stereocenters. The summed E-state index contributed by atoms with van der Waals surface area (Å²) in [5.41, 5.74) is 6.09. The Bertz CT molecular complexity index is 686. The fraction of sp³-hybridized carbons (Fsp3) is 0.333. The number of nitrogens with zero attached hydrogens (tertiary/aromatic N) is 1. The van der Waals surface area contributed by atoms with Crippen LogP contribution in [-0.2, 0) is 17.5 Å². The van der Waals surface area contributed by atoms with Crippen molar-refractivity contribution in [2.75, 3.05) is 7.05 Å². The second-order valence-corrected chi connectivity index (χ2v) is 6.28. The molecule has 0 aliphatic carbocycles. The Hall–Kier alpha value is -1.31. The smallest absolute Gasteiger partial charge is 1.00 e. The normalized spacial score (nSPS) is 30.4. The molecule has 0 amide bonds. The molecular formula is C18H20ClN. The molecule has 2 aromatic carbocycles. The van der Waals surface area contributed by atoms with E-state index < -0.39 is 0 Å². The standard InChI is InChI=1S/C18H19N.ClH/c1-17-12-13-8-4-5-9-14(13)18(2,19(17)3)16-11-7-6-10-15(16)17;/h4-11H,12H2,1-3H3;1H. The molecule has 0 saturated heterocycles. The van der Waals surface area contributed by atoms with Crippen LogP contribution < -0.4 is 12.4 Å². The lowest BCUT2D eigenvalue weighted by molar-refractivity contribution is -0.00000553. The Morgan fingerprint density at radius 2 is 1.45 bits per heavy atom. The summed E-state index contributed by atoms with van der Waals surface area (Å²) < 4.78 is 0. The molecule has 0 fully saturated rings. The predicted octanol–water partition coefficient (Wildman–Crippen LogP) is 0.783. The maximum Gasteiger partial charge on any atom is 1.00 e. The highest BCUT2D eigenvalue weighted by molar-refractivity contribution is 5.56. The zero-order valence-electron chi connectivity index (χ0n) is 13.2. The average Bonchev–Trinajstić information content (AvgIpc) is 2.55. The first-order valence-corrected chi connectivity index (χ1v) is 7.01. The second kappa shape index (κ2) is 4.09. The highest BCUT2D eigenvalue weighted by Gasteiger charge is 2.56. The maximum atomic E-state index is 2.56. The van der Waals surface area contributed by atoms with Crippen molar-refractivity contribution in [3.63, 3.8) is 0 Å². The Morgan fingerprint density at radius 1 is 0.900 bits per heavy atom. The van der Waals surface area contributed by atoms with Gasteiger partial charge in [0.1, 0.15) is 0 Å². The molecule has 0 saturated carbocycles. The number of rotatable bonds is 0. The molecule has 2 aromatic rings. The Balaban J connectivity index is 0.000000807. The van der Waals surface area contributed by atoms with Gasteiger partial charge in [0.2, 0.25) is 0 Å². The molecule has 4 rings (SSSR count). The molecule has 0 spiro atoms. The third-order valence-electron chi connectivity index (χ3n) is 5.52. The van der Waals surface area contributed by atoms with Gasteiger partial charge in [0, 0.05) is 5.54 Å². The molecule has 0 N–H and O–H groups in total. The Labute approximate surface area is 128 Å². The molecule has 0 radical (unpaired) electrons. The zero-order valence-corrected chi connectivity index (χ0v) is 12.9. The molecule has 20 heavy (non-hydrogen) atoms. The van der Waals surface area contributed by atoms with E-state index in [4.69, 9.17) is 0 Å². The van der Waals surface area contributed by atoms with Crippen LogP contribution in [0, 0.1) is 0 Å². The topological polar surface area (TPSA) is 3.24 Å². The minimum Gasteiger partial charge on any atom is -1.00 e. The van der Waals surface area contributed by atoms with E-state index >= 15 is 0 Å². The van der Waals surface area contributed by atoms with Crippen molar-refractivity contribution in [2.45, 2.75) is 31.3 Å². The first-order valence-electron chi connectivity index (χ1n) is 7.01. The van der Waals surface area contributed by atoms with Gasteiger partial charge in [-0.15, -0.1) is 0 Å². The summed E-state index contributed by atoms with van der Waals surface area (Å²) in [6, 6.07) is 17.9. The Kier molecular flexibility index (Phi) is 2.80. The number of likely N-dealkylation sites (N-methyl/N-ethyl adjacent to an activating group) is 1. The molecular weight excluding hydrogens is 266 g/mol. The van der Waals surface area contributed by atoms with E-state index in [1.165, 1.54) is 22.3 Å².